The van der Waals surface area contributed by atoms with Crippen LogP contribution < -0.4 is 5.32 Å². The summed E-state index contributed by atoms with van der Waals surface area (Å²) in [6, 6.07) is 9.58. The van der Waals surface area contributed by atoms with Gasteiger partial charge < -0.3 is 4.57 Å². The molecule has 0 radical (unpaired) electrons. The predicted molar refractivity (Wildman–Crippen MR) is 80.6 cm³/mol. The second-order valence-corrected chi connectivity index (χ2v) is 5.28. The average molecular weight is 283 g/mol. The van der Waals surface area contributed by atoms with Crippen molar-refractivity contribution >= 4 is 22.4 Å². The Balaban J connectivity index is 1.91. The van der Waals surface area contributed by atoms with Gasteiger partial charge in [-0.1, -0.05) is 6.07 Å². The lowest BCUT2D eigenvalue weighted by Gasteiger charge is -2.09. The smallest absolute Gasteiger partial charge is 0.257 e. The number of hydrogen-bond acceptors (Lipinski definition) is 3. The van der Waals surface area contributed by atoms with E-state index in [1.807, 2.05) is 59.6 Å². The number of nitrogens with zero attached hydrogens (tertiary/aromatic N) is 2. The van der Waals surface area contributed by atoms with Crippen LogP contribution in [0, 0.1) is 6.92 Å². The van der Waals surface area contributed by atoms with E-state index in [2.05, 4.69) is 10.3 Å². The highest BCUT2D eigenvalue weighted by atomic mass is 32.1. The van der Waals surface area contributed by atoms with Crippen molar-refractivity contribution in [2.24, 2.45) is 0 Å². The van der Waals surface area contributed by atoms with Crippen LogP contribution in [0.25, 0.3) is 5.69 Å². The Hall–Kier alpha value is -2.40. The van der Waals surface area contributed by atoms with Gasteiger partial charge in [-0.05, 0) is 36.8 Å². The van der Waals surface area contributed by atoms with Crippen molar-refractivity contribution in [2.75, 3.05) is 5.32 Å². The van der Waals surface area contributed by atoms with Gasteiger partial charge in [-0.3, -0.25) is 10.1 Å². The first-order valence-corrected chi connectivity index (χ1v) is 7.07. The summed E-state index contributed by atoms with van der Waals surface area (Å²) in [6.45, 7) is 2.03. The van der Waals surface area contributed by atoms with Gasteiger partial charge in [-0.25, -0.2) is 4.98 Å². The van der Waals surface area contributed by atoms with Gasteiger partial charge >= 0.3 is 0 Å². The Morgan fingerprint density at radius 1 is 1.30 bits per heavy atom. The van der Waals surface area contributed by atoms with E-state index in [9.17, 15) is 4.79 Å². The Morgan fingerprint density at radius 3 is 2.80 bits per heavy atom. The van der Waals surface area contributed by atoms with Crippen LogP contribution in [0.15, 0.2) is 54.3 Å². The quantitative estimate of drug-likeness (QED) is 0.799. The first kappa shape index (κ1) is 12.6. The molecule has 3 aromatic rings. The number of carbonyl (C=O) groups excluding carboxylic acids is 1. The van der Waals surface area contributed by atoms with Gasteiger partial charge in [0.05, 0.1) is 0 Å². The number of nitrogens with one attached hydrogen (secondary N) is 1. The van der Waals surface area contributed by atoms with Gasteiger partial charge in [0, 0.05) is 35.2 Å². The maximum atomic E-state index is 12.2. The van der Waals surface area contributed by atoms with Crippen molar-refractivity contribution in [3.05, 3.63) is 65.4 Å². The fraction of sp³-hybridized carbons (Fsp3) is 0.0667. The van der Waals surface area contributed by atoms with E-state index in [1.165, 1.54) is 11.3 Å². The SMILES string of the molecule is Cc1ccc(C(=O)Nc2nccs2)cc1-n1cccc1. The average Bonchev–Trinajstić information content (AvgIpc) is 3.11. The molecule has 0 saturated carbocycles. The summed E-state index contributed by atoms with van der Waals surface area (Å²) in [5, 5.41) is 5.23. The highest BCUT2D eigenvalue weighted by Gasteiger charge is 2.10. The molecule has 0 aliphatic carbocycles. The van der Waals surface area contributed by atoms with E-state index < -0.39 is 0 Å². The molecule has 0 aliphatic rings. The number of rotatable bonds is 3. The van der Waals surface area contributed by atoms with Gasteiger partial charge in [0.2, 0.25) is 0 Å². The topological polar surface area (TPSA) is 46.9 Å². The van der Waals surface area contributed by atoms with E-state index in [1.54, 1.807) is 6.20 Å². The standard InChI is InChI=1S/C15H13N3OS/c1-11-4-5-12(10-13(11)18-7-2-3-8-18)14(19)17-15-16-6-9-20-15/h2-10H,1H3,(H,16,17,19). The molecular weight excluding hydrogens is 270 g/mol. The van der Waals surface area contributed by atoms with Crippen LogP contribution in [-0.4, -0.2) is 15.5 Å². The summed E-state index contributed by atoms with van der Waals surface area (Å²) in [5.74, 6) is -0.145. The summed E-state index contributed by atoms with van der Waals surface area (Å²) in [4.78, 5) is 16.2. The van der Waals surface area contributed by atoms with Crippen LogP contribution >= 0.6 is 11.3 Å². The number of carbonyl (C=O) groups is 1. The van der Waals surface area contributed by atoms with Crippen LogP contribution in [0.3, 0.4) is 0 Å². The maximum absolute atomic E-state index is 12.2. The number of benzene rings is 1. The second kappa shape index (κ2) is 5.30. The van der Waals surface area contributed by atoms with Gasteiger partial charge in [-0.15, -0.1) is 11.3 Å². The molecule has 20 heavy (non-hydrogen) atoms. The molecule has 0 bridgehead atoms. The Bertz CT molecular complexity index is 718. The number of hydrogen-bond donors (Lipinski definition) is 1. The van der Waals surface area contributed by atoms with Crippen LogP contribution in [0.4, 0.5) is 5.13 Å². The monoisotopic (exact) mass is 283 g/mol. The number of anilines is 1. The fourth-order valence-electron chi connectivity index (χ4n) is 1.98. The highest BCUT2D eigenvalue weighted by Crippen LogP contribution is 2.18. The van der Waals surface area contributed by atoms with Crippen LogP contribution in [0.5, 0.6) is 0 Å². The minimum atomic E-state index is -0.145. The first-order chi connectivity index (χ1) is 9.74. The zero-order valence-electron chi connectivity index (χ0n) is 10.9. The maximum Gasteiger partial charge on any atom is 0.257 e. The molecule has 0 aliphatic heterocycles. The first-order valence-electron chi connectivity index (χ1n) is 6.19. The molecule has 1 aromatic carbocycles. The highest BCUT2D eigenvalue weighted by molar-refractivity contribution is 7.13. The van der Waals surface area contributed by atoms with E-state index in [4.69, 9.17) is 0 Å². The summed E-state index contributed by atoms with van der Waals surface area (Å²) >= 11 is 1.40. The van der Waals surface area contributed by atoms with Crippen molar-refractivity contribution < 1.29 is 4.79 Å². The molecule has 2 aromatic heterocycles. The third-order valence-corrected chi connectivity index (χ3v) is 3.70. The zero-order chi connectivity index (χ0) is 13.9. The van der Waals surface area contributed by atoms with E-state index in [0.29, 0.717) is 10.7 Å². The molecule has 4 nitrogen and oxygen atoms in total. The Kier molecular flexibility index (Phi) is 3.35. The normalized spacial score (nSPS) is 10.4. The molecule has 0 unspecified atom stereocenters. The minimum Gasteiger partial charge on any atom is -0.324 e. The minimum absolute atomic E-state index is 0.145. The number of aryl methyl sites for hydroxylation is 1. The lowest BCUT2D eigenvalue weighted by atomic mass is 10.1. The van der Waals surface area contributed by atoms with Crippen molar-refractivity contribution in [2.45, 2.75) is 6.92 Å². The summed E-state index contributed by atoms with van der Waals surface area (Å²) < 4.78 is 2.00. The molecule has 1 amide bonds. The van der Waals surface area contributed by atoms with Gasteiger partial charge in [0.1, 0.15) is 0 Å². The van der Waals surface area contributed by atoms with Gasteiger partial charge in [0.15, 0.2) is 5.13 Å². The van der Waals surface area contributed by atoms with Crippen molar-refractivity contribution in [1.82, 2.24) is 9.55 Å². The van der Waals surface area contributed by atoms with E-state index in [-0.39, 0.29) is 5.91 Å². The van der Waals surface area contributed by atoms with Crippen molar-refractivity contribution in [1.29, 1.82) is 0 Å². The Morgan fingerprint density at radius 2 is 2.10 bits per heavy atom. The molecule has 100 valence electrons. The number of aromatic nitrogens is 2. The van der Waals surface area contributed by atoms with Crippen LogP contribution in [0.1, 0.15) is 15.9 Å². The fourth-order valence-corrected chi connectivity index (χ4v) is 2.50. The molecule has 2 heterocycles. The molecule has 1 N–H and O–H groups in total. The van der Waals surface area contributed by atoms with E-state index >= 15 is 0 Å². The van der Waals surface area contributed by atoms with Crippen molar-refractivity contribution in [3.8, 4) is 5.69 Å². The van der Waals surface area contributed by atoms with Crippen molar-refractivity contribution in [3.63, 3.8) is 0 Å². The third kappa shape index (κ3) is 2.48. The predicted octanol–water partition coefficient (Wildman–Crippen LogP) is 3.49. The largest absolute Gasteiger partial charge is 0.324 e. The third-order valence-electron chi connectivity index (χ3n) is 3.01. The number of amides is 1. The van der Waals surface area contributed by atoms with Gasteiger partial charge in [0.25, 0.3) is 5.91 Å². The lowest BCUT2D eigenvalue weighted by Crippen LogP contribution is -2.12. The molecule has 5 heteroatoms. The summed E-state index contributed by atoms with van der Waals surface area (Å²) in [6.07, 6.45) is 5.59. The summed E-state index contributed by atoms with van der Waals surface area (Å²) in [5.41, 5.74) is 2.74. The van der Waals surface area contributed by atoms with Crippen LogP contribution in [0.2, 0.25) is 0 Å². The molecule has 3 rings (SSSR count). The Labute approximate surface area is 120 Å². The zero-order valence-corrected chi connectivity index (χ0v) is 11.7. The number of thiazole rings is 1. The lowest BCUT2D eigenvalue weighted by molar-refractivity contribution is 0.102. The second-order valence-electron chi connectivity index (χ2n) is 4.38. The molecular formula is C15H13N3OS. The van der Waals surface area contributed by atoms with E-state index in [0.717, 1.165) is 11.3 Å². The van der Waals surface area contributed by atoms with Gasteiger partial charge in [-0.2, -0.15) is 0 Å². The molecule has 0 fully saturated rings. The molecule has 0 saturated heterocycles. The molecule has 0 spiro atoms. The summed E-state index contributed by atoms with van der Waals surface area (Å²) in [7, 11) is 0. The van der Waals surface area contributed by atoms with Crippen LogP contribution in [-0.2, 0) is 0 Å². The molecule has 0 atom stereocenters.